The van der Waals surface area contributed by atoms with Gasteiger partial charge in [0, 0.05) is 30.2 Å². The maximum Gasteiger partial charge on any atom is 0.235 e. The van der Waals surface area contributed by atoms with Crippen LogP contribution in [0.5, 0.6) is 0 Å². The van der Waals surface area contributed by atoms with Crippen LogP contribution in [-0.4, -0.2) is 38.5 Å². The largest absolute Gasteiger partial charge is 0.381 e. The molecule has 31 heavy (non-hydrogen) atoms. The van der Waals surface area contributed by atoms with Gasteiger partial charge in [-0.15, -0.1) is 0 Å². The van der Waals surface area contributed by atoms with Gasteiger partial charge in [0.25, 0.3) is 0 Å². The maximum atomic E-state index is 12.0. The number of hydrogen-bond acceptors (Lipinski definition) is 5. The zero-order valence-electron chi connectivity index (χ0n) is 19.3. The van der Waals surface area contributed by atoms with Crippen LogP contribution in [0.15, 0.2) is 42.5 Å². The number of anilines is 3. The van der Waals surface area contributed by atoms with Crippen LogP contribution in [0.2, 0.25) is 0 Å². The highest BCUT2D eigenvalue weighted by Gasteiger charge is 2.29. The molecule has 1 aliphatic heterocycles. The number of benzene rings is 2. The Hall–Kier alpha value is -2.25. The maximum absolute atomic E-state index is 12.0. The molecule has 0 aromatic heterocycles. The molecule has 3 atom stereocenters. The first kappa shape index (κ1) is 23.4. The minimum Gasteiger partial charge on any atom is -0.381 e. The second-order valence-corrected chi connectivity index (χ2v) is 11.0. The molecular weight excluding hydrogens is 410 g/mol. The lowest BCUT2D eigenvalue weighted by atomic mass is 10.1. The van der Waals surface area contributed by atoms with Gasteiger partial charge in [-0.3, -0.25) is 4.72 Å². The second-order valence-electron chi connectivity index (χ2n) is 8.79. The third-order valence-electron chi connectivity index (χ3n) is 5.93. The summed E-state index contributed by atoms with van der Waals surface area (Å²) in [5.41, 5.74) is 5.17. The molecule has 0 radical (unpaired) electrons. The minimum atomic E-state index is -3.33. The predicted molar refractivity (Wildman–Crippen MR) is 129 cm³/mol. The van der Waals surface area contributed by atoms with Crippen molar-refractivity contribution < 1.29 is 13.2 Å². The number of nitrogens with one attached hydrogen (secondary N) is 2. The fraction of sp³-hybridized carbons (Fsp3) is 0.500. The zero-order valence-corrected chi connectivity index (χ0v) is 20.2. The fourth-order valence-electron chi connectivity index (χ4n) is 3.76. The molecule has 0 saturated carbocycles. The topological polar surface area (TPSA) is 70.7 Å². The van der Waals surface area contributed by atoms with Crippen LogP contribution >= 0.6 is 0 Å². The van der Waals surface area contributed by atoms with Gasteiger partial charge in [-0.05, 0) is 83.0 Å². The lowest BCUT2D eigenvalue weighted by molar-refractivity contribution is -0.0257. The summed E-state index contributed by atoms with van der Waals surface area (Å²) in [4.78, 5) is 2.42. The standard InChI is InChI=1S/C24H35N3O3S/c1-16(2)31(28,29)26-22-9-7-21(8-10-22)14-25-24-12-11-23(13-17(24)3)27-15-18(4)30-20(6)19(27)5/h7-13,16,18-20,25-26H,14-15H2,1-6H3/t18-,19?,20+/m0/s1. The number of sulfonamides is 1. The van der Waals surface area contributed by atoms with E-state index in [9.17, 15) is 8.42 Å². The normalized spacial score (nSPS) is 21.9. The van der Waals surface area contributed by atoms with E-state index in [-0.39, 0.29) is 12.2 Å². The van der Waals surface area contributed by atoms with E-state index in [1.807, 2.05) is 12.1 Å². The first-order chi connectivity index (χ1) is 14.6. The Morgan fingerprint density at radius 1 is 1.10 bits per heavy atom. The van der Waals surface area contributed by atoms with E-state index in [4.69, 9.17) is 4.74 Å². The monoisotopic (exact) mass is 445 g/mol. The summed E-state index contributed by atoms with van der Waals surface area (Å²) in [5.74, 6) is 0. The SMILES string of the molecule is Cc1cc(N2C[C@H](C)O[C@H](C)C2C)ccc1NCc1ccc(NS(=O)(=O)C(C)C)cc1. The summed E-state index contributed by atoms with van der Waals surface area (Å²) in [7, 11) is -3.33. The Morgan fingerprint density at radius 3 is 2.39 bits per heavy atom. The van der Waals surface area contributed by atoms with Crippen molar-refractivity contribution >= 4 is 27.1 Å². The van der Waals surface area contributed by atoms with Gasteiger partial charge in [0.15, 0.2) is 0 Å². The molecule has 2 aromatic carbocycles. The predicted octanol–water partition coefficient (Wildman–Crippen LogP) is 4.76. The van der Waals surface area contributed by atoms with Gasteiger partial charge in [-0.25, -0.2) is 8.42 Å². The van der Waals surface area contributed by atoms with Gasteiger partial charge < -0.3 is 15.0 Å². The quantitative estimate of drug-likeness (QED) is 0.643. The molecule has 1 saturated heterocycles. The average molecular weight is 446 g/mol. The van der Waals surface area contributed by atoms with Crippen LogP contribution in [0.1, 0.15) is 45.7 Å². The molecule has 0 spiro atoms. The van der Waals surface area contributed by atoms with Crippen molar-refractivity contribution in [2.45, 2.75) is 71.6 Å². The second kappa shape index (κ2) is 9.49. The van der Waals surface area contributed by atoms with Crippen molar-refractivity contribution in [2.75, 3.05) is 21.5 Å². The lowest BCUT2D eigenvalue weighted by Gasteiger charge is -2.42. The van der Waals surface area contributed by atoms with E-state index >= 15 is 0 Å². The Bertz CT molecular complexity index is 990. The highest BCUT2D eigenvalue weighted by molar-refractivity contribution is 7.93. The highest BCUT2D eigenvalue weighted by Crippen LogP contribution is 2.29. The van der Waals surface area contributed by atoms with Crippen molar-refractivity contribution in [1.29, 1.82) is 0 Å². The first-order valence-corrected chi connectivity index (χ1v) is 12.5. The molecule has 0 bridgehead atoms. The minimum absolute atomic E-state index is 0.204. The Morgan fingerprint density at radius 2 is 1.77 bits per heavy atom. The fourth-order valence-corrected chi connectivity index (χ4v) is 4.46. The highest BCUT2D eigenvalue weighted by atomic mass is 32.2. The summed E-state index contributed by atoms with van der Waals surface area (Å²) >= 11 is 0. The van der Waals surface area contributed by atoms with Gasteiger partial charge in [0.2, 0.25) is 10.0 Å². The first-order valence-electron chi connectivity index (χ1n) is 10.9. The van der Waals surface area contributed by atoms with Gasteiger partial charge in [0.1, 0.15) is 0 Å². The molecule has 0 amide bonds. The van der Waals surface area contributed by atoms with Crippen LogP contribution in [0.3, 0.4) is 0 Å². The number of hydrogen-bond donors (Lipinski definition) is 2. The van der Waals surface area contributed by atoms with E-state index in [0.29, 0.717) is 18.3 Å². The van der Waals surface area contributed by atoms with Crippen LogP contribution in [0, 0.1) is 6.92 Å². The van der Waals surface area contributed by atoms with Crippen LogP contribution in [0.4, 0.5) is 17.1 Å². The Labute approximate surface area is 187 Å². The molecule has 170 valence electrons. The molecule has 1 heterocycles. The Balaban J connectivity index is 1.63. The Kier molecular flexibility index (Phi) is 7.17. The summed E-state index contributed by atoms with van der Waals surface area (Å²) in [5, 5.41) is 3.03. The van der Waals surface area contributed by atoms with Crippen LogP contribution in [-0.2, 0) is 21.3 Å². The van der Waals surface area contributed by atoms with E-state index < -0.39 is 15.3 Å². The number of rotatable bonds is 7. The van der Waals surface area contributed by atoms with Crippen LogP contribution in [0.25, 0.3) is 0 Å². The van der Waals surface area contributed by atoms with E-state index in [2.05, 4.69) is 60.8 Å². The molecule has 2 N–H and O–H groups in total. The van der Waals surface area contributed by atoms with E-state index in [1.165, 1.54) is 11.3 Å². The lowest BCUT2D eigenvalue weighted by Crippen LogP contribution is -2.52. The van der Waals surface area contributed by atoms with Crippen molar-refractivity contribution in [3.05, 3.63) is 53.6 Å². The molecule has 2 aromatic rings. The zero-order chi connectivity index (χ0) is 22.8. The molecule has 7 heteroatoms. The third-order valence-corrected chi connectivity index (χ3v) is 7.69. The number of morpholine rings is 1. The van der Waals surface area contributed by atoms with Crippen LogP contribution < -0.4 is 14.9 Å². The molecule has 6 nitrogen and oxygen atoms in total. The summed E-state index contributed by atoms with van der Waals surface area (Å²) in [6, 6.07) is 14.3. The average Bonchev–Trinajstić information content (AvgIpc) is 2.70. The number of nitrogens with zero attached hydrogens (tertiary/aromatic N) is 1. The van der Waals surface area contributed by atoms with Crippen molar-refractivity contribution in [3.63, 3.8) is 0 Å². The van der Waals surface area contributed by atoms with E-state index in [1.54, 1.807) is 26.0 Å². The van der Waals surface area contributed by atoms with Crippen molar-refractivity contribution in [3.8, 4) is 0 Å². The van der Waals surface area contributed by atoms with Gasteiger partial charge in [-0.1, -0.05) is 12.1 Å². The smallest absolute Gasteiger partial charge is 0.235 e. The summed E-state index contributed by atoms with van der Waals surface area (Å²) in [6.07, 6.45) is 0.423. The summed E-state index contributed by atoms with van der Waals surface area (Å²) in [6.45, 7) is 13.5. The van der Waals surface area contributed by atoms with Gasteiger partial charge >= 0.3 is 0 Å². The number of ether oxygens (including phenoxy) is 1. The molecule has 1 aliphatic rings. The molecular formula is C24H35N3O3S. The molecule has 1 fully saturated rings. The molecule has 3 rings (SSSR count). The summed E-state index contributed by atoms with van der Waals surface area (Å²) < 4.78 is 32.6. The van der Waals surface area contributed by atoms with E-state index in [0.717, 1.165) is 17.8 Å². The number of aryl methyl sites for hydroxylation is 1. The third kappa shape index (κ3) is 5.71. The molecule has 1 unspecified atom stereocenters. The van der Waals surface area contributed by atoms with Gasteiger partial charge in [0.05, 0.1) is 23.5 Å². The van der Waals surface area contributed by atoms with Crippen molar-refractivity contribution in [2.24, 2.45) is 0 Å². The van der Waals surface area contributed by atoms with Gasteiger partial charge in [-0.2, -0.15) is 0 Å². The van der Waals surface area contributed by atoms with Crippen molar-refractivity contribution in [1.82, 2.24) is 0 Å². The molecule has 0 aliphatic carbocycles.